The number of pyridine rings is 1. The van der Waals surface area contributed by atoms with E-state index >= 15 is 0 Å². The van der Waals surface area contributed by atoms with Gasteiger partial charge in [-0.25, -0.2) is 8.42 Å². The predicted octanol–water partition coefficient (Wildman–Crippen LogP) is 2.00. The summed E-state index contributed by atoms with van der Waals surface area (Å²) in [6.07, 6.45) is 4.50. The van der Waals surface area contributed by atoms with Crippen LogP contribution in [0.2, 0.25) is 0 Å². The van der Waals surface area contributed by atoms with Gasteiger partial charge in [-0.05, 0) is 50.8 Å². The van der Waals surface area contributed by atoms with Gasteiger partial charge < -0.3 is 15.0 Å². The average Bonchev–Trinajstić information content (AvgIpc) is 3.25. The van der Waals surface area contributed by atoms with Crippen LogP contribution < -0.4 is 10.9 Å². The number of aromatic nitrogens is 1. The van der Waals surface area contributed by atoms with E-state index in [4.69, 9.17) is 4.74 Å². The Morgan fingerprint density at radius 2 is 2.07 bits per heavy atom. The Labute approximate surface area is 175 Å². The molecule has 1 aromatic heterocycles. The summed E-state index contributed by atoms with van der Waals surface area (Å²) in [7, 11) is -3.69. The zero-order valence-corrected chi connectivity index (χ0v) is 17.8. The van der Waals surface area contributed by atoms with Gasteiger partial charge in [-0.2, -0.15) is 4.31 Å². The standard InChI is InChI=1S/C21H27N3O5S/c1-14-5-2-3-9-24(14)30(27,28)16-7-8-19-17(11-16)18(12-20(25)23-19)21(26)22-13-15-6-4-10-29-15/h7-8,11-12,14-15H,2-6,9-10,13H2,1H3,(H,22,26)(H,23,25). The van der Waals surface area contributed by atoms with Gasteiger partial charge in [0.2, 0.25) is 15.6 Å². The molecule has 2 fully saturated rings. The van der Waals surface area contributed by atoms with Crippen molar-refractivity contribution in [3.63, 3.8) is 0 Å². The summed E-state index contributed by atoms with van der Waals surface area (Å²) >= 11 is 0. The monoisotopic (exact) mass is 433 g/mol. The predicted molar refractivity (Wildman–Crippen MR) is 113 cm³/mol. The van der Waals surface area contributed by atoms with Gasteiger partial charge in [0.25, 0.3) is 5.91 Å². The summed E-state index contributed by atoms with van der Waals surface area (Å²) in [5.74, 6) is -0.414. The number of aromatic amines is 1. The van der Waals surface area contributed by atoms with Crippen LogP contribution in [0.1, 0.15) is 49.4 Å². The molecule has 2 unspecified atom stereocenters. The first-order valence-corrected chi connectivity index (χ1v) is 11.9. The minimum Gasteiger partial charge on any atom is -0.376 e. The zero-order chi connectivity index (χ0) is 21.3. The first kappa shape index (κ1) is 21.0. The summed E-state index contributed by atoms with van der Waals surface area (Å²) < 4.78 is 33.5. The van der Waals surface area contributed by atoms with E-state index in [0.29, 0.717) is 30.6 Å². The van der Waals surface area contributed by atoms with Crippen molar-refractivity contribution in [3.05, 3.63) is 40.2 Å². The molecule has 1 aromatic carbocycles. The first-order chi connectivity index (χ1) is 14.4. The van der Waals surface area contributed by atoms with E-state index in [2.05, 4.69) is 10.3 Å². The van der Waals surface area contributed by atoms with Crippen LogP contribution in [-0.2, 0) is 14.8 Å². The van der Waals surface area contributed by atoms with Crippen LogP contribution in [0.3, 0.4) is 0 Å². The normalized spacial score (nSPS) is 23.0. The van der Waals surface area contributed by atoms with Crippen molar-refractivity contribution < 1.29 is 17.9 Å². The number of carbonyl (C=O) groups excluding carboxylic acids is 1. The fourth-order valence-electron chi connectivity index (χ4n) is 4.25. The van der Waals surface area contributed by atoms with Gasteiger partial charge in [0.1, 0.15) is 0 Å². The third-order valence-corrected chi connectivity index (χ3v) is 7.93. The Kier molecular flexibility index (Phi) is 5.95. The molecule has 0 bridgehead atoms. The molecule has 2 aromatic rings. The molecule has 2 saturated heterocycles. The van der Waals surface area contributed by atoms with Crippen LogP contribution in [0.5, 0.6) is 0 Å². The summed E-state index contributed by atoms with van der Waals surface area (Å²) in [4.78, 5) is 27.7. The smallest absolute Gasteiger partial charge is 0.252 e. The Morgan fingerprint density at radius 3 is 2.80 bits per heavy atom. The Hall–Kier alpha value is -2.23. The Bertz CT molecular complexity index is 1110. The minimum atomic E-state index is -3.69. The maximum absolute atomic E-state index is 13.2. The second-order valence-electron chi connectivity index (χ2n) is 8.06. The molecule has 30 heavy (non-hydrogen) atoms. The van der Waals surface area contributed by atoms with E-state index in [-0.39, 0.29) is 22.6 Å². The van der Waals surface area contributed by atoms with Crippen molar-refractivity contribution in [2.24, 2.45) is 0 Å². The van der Waals surface area contributed by atoms with Crippen molar-refractivity contribution in [2.75, 3.05) is 19.7 Å². The van der Waals surface area contributed by atoms with E-state index in [9.17, 15) is 18.0 Å². The number of nitrogens with zero attached hydrogens (tertiary/aromatic N) is 1. The topological polar surface area (TPSA) is 109 Å². The van der Waals surface area contributed by atoms with E-state index < -0.39 is 21.5 Å². The highest BCUT2D eigenvalue weighted by Crippen LogP contribution is 2.27. The summed E-state index contributed by atoms with van der Waals surface area (Å²) in [5.41, 5.74) is 0.177. The van der Waals surface area contributed by atoms with Crippen LogP contribution in [0.4, 0.5) is 0 Å². The lowest BCUT2D eigenvalue weighted by Crippen LogP contribution is -2.41. The molecule has 162 valence electrons. The number of amides is 1. The van der Waals surface area contributed by atoms with Crippen LogP contribution in [-0.4, -0.2) is 55.5 Å². The number of H-pyrrole nitrogens is 1. The lowest BCUT2D eigenvalue weighted by molar-refractivity contribution is 0.0859. The van der Waals surface area contributed by atoms with Gasteiger partial charge >= 0.3 is 0 Å². The van der Waals surface area contributed by atoms with Crippen LogP contribution in [0, 0.1) is 0 Å². The number of rotatable bonds is 5. The molecule has 0 spiro atoms. The Balaban J connectivity index is 1.69. The minimum absolute atomic E-state index is 0.0289. The molecule has 2 aliphatic heterocycles. The first-order valence-electron chi connectivity index (χ1n) is 10.4. The fraction of sp³-hybridized carbons (Fsp3) is 0.524. The summed E-state index contributed by atoms with van der Waals surface area (Å²) in [6.45, 7) is 3.45. The lowest BCUT2D eigenvalue weighted by atomic mass is 10.1. The Morgan fingerprint density at radius 1 is 1.23 bits per heavy atom. The summed E-state index contributed by atoms with van der Waals surface area (Å²) in [6, 6.07) is 5.68. The molecule has 0 radical (unpaired) electrons. The quantitative estimate of drug-likeness (QED) is 0.750. The second-order valence-corrected chi connectivity index (χ2v) is 9.95. The maximum Gasteiger partial charge on any atom is 0.252 e. The van der Waals surface area contributed by atoms with Crippen molar-refractivity contribution in [1.82, 2.24) is 14.6 Å². The van der Waals surface area contributed by atoms with Crippen LogP contribution in [0.25, 0.3) is 10.9 Å². The molecular weight excluding hydrogens is 406 g/mol. The van der Waals surface area contributed by atoms with Gasteiger partial charge in [0.15, 0.2) is 0 Å². The number of fused-ring (bicyclic) bond motifs is 1. The van der Waals surface area contributed by atoms with E-state index in [1.54, 1.807) is 6.07 Å². The van der Waals surface area contributed by atoms with Crippen molar-refractivity contribution in [2.45, 2.75) is 56.1 Å². The van der Waals surface area contributed by atoms with Crippen LogP contribution in [0.15, 0.2) is 34.0 Å². The highest BCUT2D eigenvalue weighted by Gasteiger charge is 2.31. The second kappa shape index (κ2) is 8.49. The molecule has 1 amide bonds. The van der Waals surface area contributed by atoms with E-state index in [0.717, 1.165) is 32.1 Å². The van der Waals surface area contributed by atoms with Gasteiger partial charge in [-0.3, -0.25) is 9.59 Å². The molecule has 0 aliphatic carbocycles. The lowest BCUT2D eigenvalue weighted by Gasteiger charge is -2.32. The van der Waals surface area contributed by atoms with Gasteiger partial charge in [0.05, 0.1) is 16.6 Å². The molecular formula is C21H27N3O5S. The molecule has 2 N–H and O–H groups in total. The number of hydrogen-bond donors (Lipinski definition) is 2. The van der Waals surface area contributed by atoms with E-state index in [1.165, 1.54) is 22.5 Å². The molecule has 8 nitrogen and oxygen atoms in total. The number of carbonyl (C=O) groups is 1. The number of sulfonamides is 1. The highest BCUT2D eigenvalue weighted by molar-refractivity contribution is 7.89. The maximum atomic E-state index is 13.2. The molecule has 4 rings (SSSR count). The number of hydrogen-bond acceptors (Lipinski definition) is 5. The highest BCUT2D eigenvalue weighted by atomic mass is 32.2. The number of ether oxygens (including phenoxy) is 1. The zero-order valence-electron chi connectivity index (χ0n) is 17.0. The molecule has 9 heteroatoms. The summed E-state index contributed by atoms with van der Waals surface area (Å²) in [5, 5.41) is 3.22. The van der Waals surface area contributed by atoms with Crippen molar-refractivity contribution in [1.29, 1.82) is 0 Å². The van der Waals surface area contributed by atoms with Crippen molar-refractivity contribution in [3.8, 4) is 0 Å². The van der Waals surface area contributed by atoms with Gasteiger partial charge in [-0.1, -0.05) is 6.42 Å². The third kappa shape index (κ3) is 4.14. The number of piperidine rings is 1. The third-order valence-electron chi connectivity index (χ3n) is 5.92. The van der Waals surface area contributed by atoms with Crippen molar-refractivity contribution >= 4 is 26.8 Å². The SMILES string of the molecule is CC1CCCCN1S(=O)(=O)c1ccc2[nH]c(=O)cc(C(=O)NCC3CCCO3)c2c1. The van der Waals surface area contributed by atoms with Gasteiger partial charge in [-0.15, -0.1) is 0 Å². The molecule has 2 aliphatic rings. The van der Waals surface area contributed by atoms with Crippen LogP contribution >= 0.6 is 0 Å². The molecule has 0 saturated carbocycles. The van der Waals surface area contributed by atoms with Gasteiger partial charge in [0, 0.05) is 42.7 Å². The molecule has 3 heterocycles. The molecule has 2 atom stereocenters. The van der Waals surface area contributed by atoms with E-state index in [1.807, 2.05) is 6.92 Å². The largest absolute Gasteiger partial charge is 0.376 e. The number of nitrogens with one attached hydrogen (secondary N) is 2. The number of benzene rings is 1. The fourth-order valence-corrected chi connectivity index (χ4v) is 5.98. The average molecular weight is 434 g/mol.